The molecular weight excluding hydrogens is 290 g/mol. The average Bonchev–Trinajstić information content (AvgIpc) is 2.29. The van der Waals surface area contributed by atoms with Crippen molar-refractivity contribution in [2.24, 2.45) is 0 Å². The molecule has 1 heterocycles. The van der Waals surface area contributed by atoms with Gasteiger partial charge in [0, 0.05) is 5.54 Å². The lowest BCUT2D eigenvalue weighted by molar-refractivity contribution is -0.222. The number of hydrogen-bond donors (Lipinski definition) is 3. The van der Waals surface area contributed by atoms with Crippen LogP contribution in [0, 0.1) is 0 Å². The number of aliphatic hydroxyl groups excluding tert-OH is 2. The Balaban J connectivity index is 2.94. The molecule has 22 heavy (non-hydrogen) atoms. The van der Waals surface area contributed by atoms with Crippen molar-refractivity contribution in [3.8, 4) is 0 Å². The van der Waals surface area contributed by atoms with Gasteiger partial charge in [-0.25, -0.2) is 0 Å². The molecule has 1 aliphatic heterocycles. The number of carbonyl (C=O) groups excluding carboxylic acids is 1. The first-order chi connectivity index (χ1) is 9.89. The normalized spacial score (nSPS) is 28.9. The number of piperidine rings is 1. The summed E-state index contributed by atoms with van der Waals surface area (Å²) in [5, 5.41) is 29.1. The second-order valence-corrected chi connectivity index (χ2v) is 7.04. The van der Waals surface area contributed by atoms with E-state index in [0.717, 1.165) is 0 Å². The van der Waals surface area contributed by atoms with Gasteiger partial charge in [0.05, 0.1) is 24.5 Å². The van der Waals surface area contributed by atoms with Crippen LogP contribution in [0.3, 0.4) is 0 Å². The third-order valence-electron chi connectivity index (χ3n) is 4.20. The van der Waals surface area contributed by atoms with Crippen molar-refractivity contribution < 1.29 is 29.6 Å². The summed E-state index contributed by atoms with van der Waals surface area (Å²) in [6, 6.07) is 0. The summed E-state index contributed by atoms with van der Waals surface area (Å²) in [5.41, 5.74) is -1.27. The van der Waals surface area contributed by atoms with Crippen molar-refractivity contribution in [2.75, 3.05) is 0 Å². The molecule has 0 amide bonds. The molecule has 0 aromatic carbocycles. The van der Waals surface area contributed by atoms with Gasteiger partial charge >= 0.3 is 11.9 Å². The van der Waals surface area contributed by atoms with Crippen LogP contribution in [0.1, 0.15) is 53.9 Å². The van der Waals surface area contributed by atoms with Crippen LogP contribution in [0.25, 0.3) is 0 Å². The lowest BCUT2D eigenvalue weighted by Gasteiger charge is -2.58. The van der Waals surface area contributed by atoms with E-state index < -0.39 is 41.5 Å². The maximum Gasteiger partial charge on any atom is 0.306 e. The Morgan fingerprint density at radius 1 is 1.27 bits per heavy atom. The van der Waals surface area contributed by atoms with Crippen molar-refractivity contribution in [1.82, 2.24) is 4.90 Å². The van der Waals surface area contributed by atoms with E-state index in [2.05, 4.69) is 0 Å². The predicted molar refractivity (Wildman–Crippen MR) is 79.1 cm³/mol. The number of aliphatic carboxylic acids is 1. The first kappa shape index (κ1) is 18.9. The Morgan fingerprint density at radius 3 is 2.27 bits per heavy atom. The van der Waals surface area contributed by atoms with Crippen LogP contribution in [-0.2, 0) is 14.3 Å². The summed E-state index contributed by atoms with van der Waals surface area (Å²) in [7, 11) is 0. The lowest BCUT2D eigenvalue weighted by atomic mass is 9.75. The van der Waals surface area contributed by atoms with Crippen molar-refractivity contribution in [3.05, 3.63) is 0 Å². The van der Waals surface area contributed by atoms with Gasteiger partial charge in [0.2, 0.25) is 0 Å². The highest BCUT2D eigenvalue weighted by atomic mass is 16.6. The highest BCUT2D eigenvalue weighted by Gasteiger charge is 2.54. The Labute approximate surface area is 130 Å². The van der Waals surface area contributed by atoms with E-state index in [9.17, 15) is 19.8 Å². The Morgan fingerprint density at radius 2 is 1.82 bits per heavy atom. The molecule has 1 aliphatic rings. The Bertz CT molecular complexity index is 432. The zero-order chi connectivity index (χ0) is 17.3. The molecule has 0 bridgehead atoms. The second-order valence-electron chi connectivity index (χ2n) is 7.04. The Hall–Kier alpha value is -1.18. The first-order valence-corrected chi connectivity index (χ1v) is 7.46. The lowest BCUT2D eigenvalue weighted by Crippen LogP contribution is -2.71. The number of carboxylic acid groups (broad SMARTS) is 1. The van der Waals surface area contributed by atoms with Gasteiger partial charge in [0.25, 0.3) is 0 Å². The summed E-state index contributed by atoms with van der Waals surface area (Å²) < 4.78 is 5.34. The monoisotopic (exact) mass is 317 g/mol. The average molecular weight is 317 g/mol. The van der Waals surface area contributed by atoms with E-state index >= 15 is 0 Å². The number of carbonyl (C=O) groups is 2. The van der Waals surface area contributed by atoms with Gasteiger partial charge < -0.3 is 20.1 Å². The fraction of sp³-hybridized carbons (Fsp3) is 0.867. The minimum atomic E-state index is -1.08. The molecule has 7 heteroatoms. The molecule has 0 aromatic rings. The summed E-state index contributed by atoms with van der Waals surface area (Å²) in [4.78, 5) is 24.1. The standard InChI is InChI=1S/C15H27NO6/c1-9(17)16-14(2,3)8-10(18)13(15(16,4)5)22-12(21)7-6-11(19)20/h9-10,13,17-18H,6-8H2,1-5H3,(H,19,20). The van der Waals surface area contributed by atoms with Gasteiger partial charge in [-0.2, -0.15) is 0 Å². The quantitative estimate of drug-likeness (QED) is 0.641. The molecule has 0 saturated carbocycles. The van der Waals surface area contributed by atoms with Gasteiger partial charge in [-0.05, 0) is 41.0 Å². The van der Waals surface area contributed by atoms with Crippen LogP contribution in [0.4, 0.5) is 0 Å². The molecule has 3 unspecified atom stereocenters. The molecular formula is C15H27NO6. The number of aliphatic hydroxyl groups is 2. The van der Waals surface area contributed by atoms with Gasteiger partial charge in [-0.15, -0.1) is 0 Å². The molecule has 0 aromatic heterocycles. The molecule has 1 saturated heterocycles. The summed E-state index contributed by atoms with van der Waals surface area (Å²) in [6.45, 7) is 9.03. The third kappa shape index (κ3) is 3.97. The number of likely N-dealkylation sites (tertiary alicyclic amines) is 1. The molecule has 3 N–H and O–H groups in total. The highest BCUT2D eigenvalue weighted by Crippen LogP contribution is 2.41. The van der Waals surface area contributed by atoms with Gasteiger partial charge in [0.1, 0.15) is 12.3 Å². The molecule has 0 spiro atoms. The maximum absolute atomic E-state index is 11.8. The summed E-state index contributed by atoms with van der Waals surface area (Å²) in [6.07, 6.45) is -2.72. The van der Waals surface area contributed by atoms with E-state index in [1.807, 2.05) is 18.7 Å². The number of rotatable bonds is 5. The van der Waals surface area contributed by atoms with Crippen LogP contribution in [0.2, 0.25) is 0 Å². The maximum atomic E-state index is 11.8. The minimum absolute atomic E-state index is 0.243. The largest absolute Gasteiger partial charge is 0.481 e. The number of esters is 1. The SMILES string of the molecule is CC(O)N1C(C)(C)CC(O)C(OC(=O)CCC(=O)O)C1(C)C. The fourth-order valence-electron chi connectivity index (χ4n) is 3.72. The van der Waals surface area contributed by atoms with Crippen molar-refractivity contribution >= 4 is 11.9 Å². The number of nitrogens with zero attached hydrogens (tertiary/aromatic N) is 1. The number of hydrogen-bond acceptors (Lipinski definition) is 6. The third-order valence-corrected chi connectivity index (χ3v) is 4.20. The van der Waals surface area contributed by atoms with Crippen LogP contribution in [0.15, 0.2) is 0 Å². The minimum Gasteiger partial charge on any atom is -0.481 e. The smallest absolute Gasteiger partial charge is 0.306 e. The van der Waals surface area contributed by atoms with Crippen molar-refractivity contribution in [1.29, 1.82) is 0 Å². The molecule has 7 nitrogen and oxygen atoms in total. The van der Waals surface area contributed by atoms with E-state index in [-0.39, 0.29) is 12.8 Å². The molecule has 1 rings (SSSR count). The fourth-order valence-corrected chi connectivity index (χ4v) is 3.72. The molecule has 0 aliphatic carbocycles. The van der Waals surface area contributed by atoms with Crippen molar-refractivity contribution in [2.45, 2.75) is 83.4 Å². The second kappa shape index (κ2) is 6.52. The first-order valence-electron chi connectivity index (χ1n) is 7.46. The molecule has 1 fully saturated rings. The number of carboxylic acids is 1. The van der Waals surface area contributed by atoms with Crippen LogP contribution in [0.5, 0.6) is 0 Å². The van der Waals surface area contributed by atoms with Crippen LogP contribution < -0.4 is 0 Å². The van der Waals surface area contributed by atoms with E-state index in [1.54, 1.807) is 20.8 Å². The Kier molecular flexibility index (Phi) is 5.59. The summed E-state index contributed by atoms with van der Waals surface area (Å²) in [5.74, 6) is -1.74. The molecule has 3 atom stereocenters. The topological polar surface area (TPSA) is 107 Å². The van der Waals surface area contributed by atoms with Gasteiger partial charge in [0.15, 0.2) is 0 Å². The van der Waals surface area contributed by atoms with E-state index in [0.29, 0.717) is 6.42 Å². The van der Waals surface area contributed by atoms with E-state index in [1.165, 1.54) is 0 Å². The molecule has 0 radical (unpaired) electrons. The van der Waals surface area contributed by atoms with Crippen LogP contribution >= 0.6 is 0 Å². The van der Waals surface area contributed by atoms with Gasteiger partial charge in [-0.3, -0.25) is 14.5 Å². The van der Waals surface area contributed by atoms with Crippen LogP contribution in [-0.4, -0.2) is 61.7 Å². The van der Waals surface area contributed by atoms with Gasteiger partial charge in [-0.1, -0.05) is 0 Å². The zero-order valence-corrected chi connectivity index (χ0v) is 13.9. The molecule has 128 valence electrons. The zero-order valence-electron chi connectivity index (χ0n) is 13.9. The van der Waals surface area contributed by atoms with E-state index in [4.69, 9.17) is 9.84 Å². The predicted octanol–water partition coefficient (Wildman–Crippen LogP) is 0.725. The highest BCUT2D eigenvalue weighted by molar-refractivity contribution is 5.76. The van der Waals surface area contributed by atoms with Crippen molar-refractivity contribution in [3.63, 3.8) is 0 Å². The number of ether oxygens (including phenoxy) is 1. The summed E-state index contributed by atoms with van der Waals surface area (Å²) >= 11 is 0.